The molecule has 5 heteroatoms. The fourth-order valence-corrected chi connectivity index (χ4v) is 2.54. The fourth-order valence-electron chi connectivity index (χ4n) is 1.32. The van der Waals surface area contributed by atoms with Crippen LogP contribution in [0, 0.1) is 0 Å². The molecule has 1 aliphatic rings. The normalized spacial score (nSPS) is 27.9. The summed E-state index contributed by atoms with van der Waals surface area (Å²) in [4.78, 5) is 11.3. The molecule has 0 spiro atoms. The summed E-state index contributed by atoms with van der Waals surface area (Å²) in [7, 11) is 0. The zero-order valence-corrected chi connectivity index (χ0v) is 10.5. The van der Waals surface area contributed by atoms with Gasteiger partial charge < -0.3 is 9.47 Å². The van der Waals surface area contributed by atoms with E-state index in [9.17, 15) is 4.79 Å². The highest BCUT2D eigenvalue weighted by molar-refractivity contribution is 7.99. The van der Waals surface area contributed by atoms with Crippen molar-refractivity contribution in [1.82, 2.24) is 0 Å². The van der Waals surface area contributed by atoms with Crippen LogP contribution in [0.15, 0.2) is 0 Å². The number of alkyl halides is 1. The summed E-state index contributed by atoms with van der Waals surface area (Å²) < 4.78 is 10.9. The van der Waals surface area contributed by atoms with Crippen LogP contribution in [0.2, 0.25) is 0 Å². The first-order chi connectivity index (χ1) is 7.16. The van der Waals surface area contributed by atoms with Crippen LogP contribution in [-0.2, 0) is 14.3 Å². The van der Waals surface area contributed by atoms with Gasteiger partial charge in [0.05, 0.1) is 18.8 Å². The lowest BCUT2D eigenvalue weighted by molar-refractivity contribution is -0.213. The average molecular weight is 253 g/mol. The van der Waals surface area contributed by atoms with Gasteiger partial charge in [0.15, 0.2) is 0 Å². The van der Waals surface area contributed by atoms with Crippen LogP contribution < -0.4 is 0 Å². The Morgan fingerprint density at radius 3 is 3.13 bits per heavy atom. The summed E-state index contributed by atoms with van der Waals surface area (Å²) in [5.74, 6) is 1.04. The number of carbonyl (C=O) groups is 1. The van der Waals surface area contributed by atoms with Gasteiger partial charge >= 0.3 is 5.97 Å². The van der Waals surface area contributed by atoms with Crippen molar-refractivity contribution in [2.45, 2.75) is 32.0 Å². The molecule has 0 aromatic rings. The van der Waals surface area contributed by atoms with Crippen molar-refractivity contribution in [1.29, 1.82) is 0 Å². The molecule has 0 aliphatic carbocycles. The summed E-state index contributed by atoms with van der Waals surface area (Å²) in [5, 5.41) is 0. The number of hydrogen-bond donors (Lipinski definition) is 0. The third-order valence-corrected chi connectivity index (χ3v) is 3.58. The van der Waals surface area contributed by atoms with Crippen LogP contribution in [0.5, 0.6) is 0 Å². The largest absolute Gasteiger partial charge is 0.432 e. The first-order valence-corrected chi connectivity index (χ1v) is 6.85. The summed E-state index contributed by atoms with van der Waals surface area (Å²) >= 11 is 7.23. The molecule has 1 rings (SSSR count). The summed E-state index contributed by atoms with van der Waals surface area (Å²) in [6, 6.07) is 0. The third kappa shape index (κ3) is 5.09. The van der Waals surface area contributed by atoms with Crippen LogP contribution >= 0.6 is 23.4 Å². The second kappa shape index (κ2) is 6.61. The minimum atomic E-state index is -0.770. The number of halogens is 1. The highest BCUT2D eigenvalue weighted by atomic mass is 35.5. The van der Waals surface area contributed by atoms with Gasteiger partial charge in [-0.1, -0.05) is 0 Å². The van der Waals surface area contributed by atoms with E-state index < -0.39 is 5.79 Å². The molecule has 0 aromatic carbocycles. The predicted octanol–water partition coefficient (Wildman–Crippen LogP) is 2.42. The van der Waals surface area contributed by atoms with Crippen LogP contribution in [-0.4, -0.2) is 35.7 Å². The molecule has 1 fully saturated rings. The average Bonchev–Trinajstić information content (AvgIpc) is 2.13. The third-order valence-electron chi connectivity index (χ3n) is 2.08. The maximum absolute atomic E-state index is 11.3. The molecule has 1 aliphatic heterocycles. The Hall–Kier alpha value is 0.0700. The van der Waals surface area contributed by atoms with Gasteiger partial charge in [-0.2, -0.15) is 11.8 Å². The van der Waals surface area contributed by atoms with Crippen molar-refractivity contribution in [2.24, 2.45) is 0 Å². The number of esters is 1. The van der Waals surface area contributed by atoms with Crippen LogP contribution in [0.4, 0.5) is 0 Å². The number of carbonyl (C=O) groups excluding carboxylic acids is 1. The van der Waals surface area contributed by atoms with Crippen molar-refractivity contribution in [2.75, 3.05) is 24.0 Å². The molecular formula is C10H17ClO3S. The topological polar surface area (TPSA) is 35.5 Å². The molecule has 0 saturated carbocycles. The smallest absolute Gasteiger partial charge is 0.309 e. The molecule has 0 bridgehead atoms. The molecular weight excluding hydrogens is 236 g/mol. The maximum atomic E-state index is 11.3. The Bertz CT molecular complexity index is 203. The number of ether oxygens (including phenoxy) is 2. The Morgan fingerprint density at radius 1 is 1.60 bits per heavy atom. The van der Waals surface area contributed by atoms with Crippen molar-refractivity contribution in [3.63, 3.8) is 0 Å². The molecule has 1 atom stereocenters. The van der Waals surface area contributed by atoms with Crippen LogP contribution in [0.1, 0.15) is 26.2 Å². The zero-order valence-electron chi connectivity index (χ0n) is 8.96. The summed E-state index contributed by atoms with van der Waals surface area (Å²) in [6.07, 6.45) is 2.43. The fraction of sp³-hybridized carbons (Fsp3) is 0.900. The first kappa shape index (κ1) is 13.1. The lowest BCUT2D eigenvalue weighted by Gasteiger charge is -2.30. The van der Waals surface area contributed by atoms with Crippen LogP contribution in [0.25, 0.3) is 0 Å². The van der Waals surface area contributed by atoms with Crippen molar-refractivity contribution < 1.29 is 14.3 Å². The van der Waals surface area contributed by atoms with E-state index in [4.69, 9.17) is 21.1 Å². The van der Waals surface area contributed by atoms with Crippen molar-refractivity contribution >= 4 is 29.3 Å². The molecule has 0 amide bonds. The van der Waals surface area contributed by atoms with Gasteiger partial charge in [0.2, 0.25) is 5.79 Å². The van der Waals surface area contributed by atoms with Crippen molar-refractivity contribution in [3.8, 4) is 0 Å². The highest BCUT2D eigenvalue weighted by Gasteiger charge is 2.30. The van der Waals surface area contributed by atoms with Gasteiger partial charge in [-0.3, -0.25) is 4.79 Å². The van der Waals surface area contributed by atoms with E-state index in [0.29, 0.717) is 18.2 Å². The lowest BCUT2D eigenvalue weighted by atomic mass is 10.3. The SMILES string of the molecule is CC1(OC(=O)CCCl)CSCCCCO1. The van der Waals surface area contributed by atoms with E-state index in [-0.39, 0.29) is 12.4 Å². The predicted molar refractivity (Wildman–Crippen MR) is 62.3 cm³/mol. The van der Waals surface area contributed by atoms with Crippen molar-refractivity contribution in [3.05, 3.63) is 0 Å². The van der Waals surface area contributed by atoms with E-state index in [1.165, 1.54) is 0 Å². The van der Waals surface area contributed by atoms with Gasteiger partial charge in [0.25, 0.3) is 0 Å². The molecule has 0 aromatic heterocycles. The second-order valence-electron chi connectivity index (χ2n) is 3.66. The highest BCUT2D eigenvalue weighted by Crippen LogP contribution is 2.24. The van der Waals surface area contributed by atoms with Gasteiger partial charge in [-0.05, 0) is 18.6 Å². The maximum Gasteiger partial charge on any atom is 0.309 e. The molecule has 1 saturated heterocycles. The minimum Gasteiger partial charge on any atom is -0.432 e. The Kier molecular flexibility index (Phi) is 5.79. The Labute approximate surface area is 99.8 Å². The van der Waals surface area contributed by atoms with E-state index in [0.717, 1.165) is 18.6 Å². The Balaban J connectivity index is 2.42. The first-order valence-electron chi connectivity index (χ1n) is 5.16. The number of hydrogen-bond acceptors (Lipinski definition) is 4. The zero-order chi connectivity index (χ0) is 11.1. The molecule has 0 N–H and O–H groups in total. The van der Waals surface area contributed by atoms with E-state index in [2.05, 4.69) is 0 Å². The van der Waals surface area contributed by atoms with Gasteiger partial charge in [-0.25, -0.2) is 0 Å². The molecule has 0 radical (unpaired) electrons. The van der Waals surface area contributed by atoms with E-state index >= 15 is 0 Å². The monoisotopic (exact) mass is 252 g/mol. The van der Waals surface area contributed by atoms with Gasteiger partial charge in [-0.15, -0.1) is 11.6 Å². The standard InChI is InChI=1S/C10H17ClO3S/c1-10(14-9(12)4-5-11)8-15-7-3-2-6-13-10/h2-8H2,1H3. The molecule has 1 heterocycles. The minimum absolute atomic E-state index is 0.241. The lowest BCUT2D eigenvalue weighted by Crippen LogP contribution is -2.39. The Morgan fingerprint density at radius 2 is 2.40 bits per heavy atom. The van der Waals surface area contributed by atoms with E-state index in [1.807, 2.05) is 6.92 Å². The molecule has 88 valence electrons. The number of thioether (sulfide) groups is 1. The molecule has 3 nitrogen and oxygen atoms in total. The summed E-state index contributed by atoms with van der Waals surface area (Å²) in [5.41, 5.74) is 0. The van der Waals surface area contributed by atoms with Gasteiger partial charge in [0.1, 0.15) is 0 Å². The summed E-state index contributed by atoms with van der Waals surface area (Å²) in [6.45, 7) is 2.47. The molecule has 15 heavy (non-hydrogen) atoms. The second-order valence-corrected chi connectivity index (χ2v) is 5.14. The quantitative estimate of drug-likeness (QED) is 0.571. The number of rotatable bonds is 3. The molecule has 1 unspecified atom stereocenters. The van der Waals surface area contributed by atoms with E-state index in [1.54, 1.807) is 11.8 Å². The van der Waals surface area contributed by atoms with Gasteiger partial charge in [0, 0.05) is 12.8 Å². The van der Waals surface area contributed by atoms with Crippen LogP contribution in [0.3, 0.4) is 0 Å².